The average molecular weight is 232 g/mol. The Hall–Kier alpha value is -2.17. The van der Waals surface area contributed by atoms with Crippen molar-refractivity contribution in [1.82, 2.24) is 9.80 Å². The Morgan fingerprint density at radius 2 is 1.59 bits per heavy atom. The van der Waals surface area contributed by atoms with Crippen molar-refractivity contribution >= 4 is 17.8 Å². The number of benzene rings is 1. The molecule has 0 saturated carbocycles. The normalized spacial score (nSPS) is 16.0. The minimum absolute atomic E-state index is 0.133. The van der Waals surface area contributed by atoms with Crippen LogP contribution in [-0.2, 0) is 16.1 Å². The lowest BCUT2D eigenvalue weighted by Crippen LogP contribution is -2.30. The summed E-state index contributed by atoms with van der Waals surface area (Å²) in [5, 5.41) is 0. The molecule has 1 heterocycles. The Bertz CT molecular complexity index is 493. The van der Waals surface area contributed by atoms with E-state index in [9.17, 15) is 14.4 Å². The number of carbonyl (C=O) groups is 3. The Morgan fingerprint density at radius 1 is 1.00 bits per heavy atom. The van der Waals surface area contributed by atoms with E-state index in [1.54, 1.807) is 0 Å². The molecule has 88 valence electrons. The third kappa shape index (κ3) is 1.91. The van der Waals surface area contributed by atoms with Crippen LogP contribution in [0, 0.1) is 6.92 Å². The van der Waals surface area contributed by atoms with Gasteiger partial charge in [-0.05, 0) is 12.5 Å². The summed E-state index contributed by atoms with van der Waals surface area (Å²) in [7, 11) is 1.30. The molecule has 0 aliphatic carbocycles. The van der Waals surface area contributed by atoms with Gasteiger partial charge >= 0.3 is 17.8 Å². The van der Waals surface area contributed by atoms with Crippen molar-refractivity contribution in [2.45, 2.75) is 13.5 Å². The SMILES string of the molecule is Cc1ccc(CN2C(=O)C(=O)N(C)C2=O)cc1. The van der Waals surface area contributed by atoms with Gasteiger partial charge in [-0.3, -0.25) is 19.4 Å². The maximum Gasteiger partial charge on any atom is 0.334 e. The number of carbonyl (C=O) groups excluding carboxylic acids is 3. The number of imide groups is 2. The molecule has 1 aliphatic heterocycles. The quantitative estimate of drug-likeness (QED) is 0.562. The van der Waals surface area contributed by atoms with Crippen molar-refractivity contribution in [3.63, 3.8) is 0 Å². The van der Waals surface area contributed by atoms with Crippen molar-refractivity contribution in [3.8, 4) is 0 Å². The lowest BCUT2D eigenvalue weighted by molar-refractivity contribution is -0.143. The summed E-state index contributed by atoms with van der Waals surface area (Å²) in [6.45, 7) is 2.08. The van der Waals surface area contributed by atoms with Crippen LogP contribution in [0.15, 0.2) is 24.3 Å². The molecular formula is C12H12N2O3. The van der Waals surface area contributed by atoms with Crippen molar-refractivity contribution in [3.05, 3.63) is 35.4 Å². The second-order valence-electron chi connectivity index (χ2n) is 4.02. The highest BCUT2D eigenvalue weighted by Gasteiger charge is 2.41. The molecule has 0 spiro atoms. The van der Waals surface area contributed by atoms with E-state index in [2.05, 4.69) is 0 Å². The number of amides is 4. The number of aryl methyl sites for hydroxylation is 1. The van der Waals surface area contributed by atoms with Crippen LogP contribution in [0.5, 0.6) is 0 Å². The molecule has 1 fully saturated rings. The van der Waals surface area contributed by atoms with Gasteiger partial charge in [0.1, 0.15) is 0 Å². The maximum absolute atomic E-state index is 11.6. The molecule has 1 saturated heterocycles. The van der Waals surface area contributed by atoms with Gasteiger partial charge < -0.3 is 0 Å². The van der Waals surface area contributed by atoms with Crippen LogP contribution >= 0.6 is 0 Å². The molecule has 0 unspecified atom stereocenters. The highest BCUT2D eigenvalue weighted by Crippen LogP contribution is 2.14. The molecule has 0 atom stereocenters. The minimum atomic E-state index is -0.776. The van der Waals surface area contributed by atoms with Crippen molar-refractivity contribution in [1.29, 1.82) is 0 Å². The van der Waals surface area contributed by atoms with E-state index >= 15 is 0 Å². The second kappa shape index (κ2) is 4.01. The average Bonchev–Trinajstić information content (AvgIpc) is 2.50. The lowest BCUT2D eigenvalue weighted by atomic mass is 10.1. The van der Waals surface area contributed by atoms with Gasteiger partial charge in [0.25, 0.3) is 0 Å². The number of urea groups is 1. The number of nitrogens with zero attached hydrogens (tertiary/aromatic N) is 2. The number of rotatable bonds is 2. The van der Waals surface area contributed by atoms with Gasteiger partial charge in [-0.2, -0.15) is 0 Å². The molecule has 0 bridgehead atoms. The zero-order valence-electron chi connectivity index (χ0n) is 9.64. The van der Waals surface area contributed by atoms with Crippen LogP contribution in [0.1, 0.15) is 11.1 Å². The van der Waals surface area contributed by atoms with Gasteiger partial charge in [0.05, 0.1) is 6.54 Å². The molecule has 1 aliphatic rings. The van der Waals surface area contributed by atoms with Gasteiger partial charge in [0.15, 0.2) is 0 Å². The van der Waals surface area contributed by atoms with Gasteiger partial charge in [-0.15, -0.1) is 0 Å². The summed E-state index contributed by atoms with van der Waals surface area (Å²) >= 11 is 0. The predicted molar refractivity (Wildman–Crippen MR) is 59.9 cm³/mol. The van der Waals surface area contributed by atoms with E-state index in [0.29, 0.717) is 0 Å². The van der Waals surface area contributed by atoms with Gasteiger partial charge in [-0.25, -0.2) is 4.79 Å². The minimum Gasteiger partial charge on any atom is -0.263 e. The Labute approximate surface area is 98.6 Å². The smallest absolute Gasteiger partial charge is 0.263 e. The maximum atomic E-state index is 11.6. The predicted octanol–water partition coefficient (Wildman–Crippen LogP) is 0.916. The first kappa shape index (κ1) is 11.3. The van der Waals surface area contributed by atoms with E-state index in [1.165, 1.54) is 7.05 Å². The first-order chi connectivity index (χ1) is 8.00. The van der Waals surface area contributed by atoms with Crippen molar-refractivity contribution < 1.29 is 14.4 Å². The number of likely N-dealkylation sites (N-methyl/N-ethyl adjacent to an activating group) is 1. The highest BCUT2D eigenvalue weighted by molar-refractivity contribution is 6.44. The molecule has 2 rings (SSSR count). The molecular weight excluding hydrogens is 220 g/mol. The second-order valence-corrected chi connectivity index (χ2v) is 4.02. The topological polar surface area (TPSA) is 57.7 Å². The molecule has 0 aromatic heterocycles. The van der Waals surface area contributed by atoms with Crippen molar-refractivity contribution in [2.24, 2.45) is 0 Å². The van der Waals surface area contributed by atoms with Gasteiger partial charge in [0.2, 0.25) is 0 Å². The van der Waals surface area contributed by atoms with E-state index in [0.717, 1.165) is 20.9 Å². The van der Waals surface area contributed by atoms with Crippen molar-refractivity contribution in [2.75, 3.05) is 7.05 Å². The number of hydrogen-bond acceptors (Lipinski definition) is 3. The fourth-order valence-electron chi connectivity index (χ4n) is 1.63. The highest BCUT2D eigenvalue weighted by atomic mass is 16.2. The first-order valence-electron chi connectivity index (χ1n) is 5.20. The summed E-state index contributed by atoms with van der Waals surface area (Å²) in [5.74, 6) is -1.54. The van der Waals surface area contributed by atoms with Crippen LogP contribution in [0.2, 0.25) is 0 Å². The summed E-state index contributed by atoms with van der Waals surface area (Å²) < 4.78 is 0. The van der Waals surface area contributed by atoms with Gasteiger partial charge in [-0.1, -0.05) is 29.8 Å². The Kier molecular flexibility index (Phi) is 2.67. The van der Waals surface area contributed by atoms with Crippen LogP contribution in [0.25, 0.3) is 0 Å². The Balaban J connectivity index is 2.19. The van der Waals surface area contributed by atoms with E-state index in [-0.39, 0.29) is 6.54 Å². The Morgan fingerprint density at radius 3 is 2.06 bits per heavy atom. The fraction of sp³-hybridized carbons (Fsp3) is 0.250. The number of hydrogen-bond donors (Lipinski definition) is 0. The van der Waals surface area contributed by atoms with Gasteiger partial charge in [0, 0.05) is 7.05 Å². The summed E-state index contributed by atoms with van der Waals surface area (Å²) in [6, 6.07) is 6.88. The molecule has 5 heteroatoms. The van der Waals surface area contributed by atoms with E-state index < -0.39 is 17.8 Å². The first-order valence-corrected chi connectivity index (χ1v) is 5.20. The molecule has 5 nitrogen and oxygen atoms in total. The third-order valence-electron chi connectivity index (χ3n) is 2.71. The molecule has 1 aromatic rings. The molecule has 1 aromatic carbocycles. The summed E-state index contributed by atoms with van der Waals surface area (Å²) in [4.78, 5) is 36.2. The summed E-state index contributed by atoms with van der Waals surface area (Å²) in [6.07, 6.45) is 0. The van der Waals surface area contributed by atoms with E-state index in [1.807, 2.05) is 31.2 Å². The molecule has 4 amide bonds. The molecule has 0 N–H and O–H groups in total. The monoisotopic (exact) mass is 232 g/mol. The standard InChI is InChI=1S/C12H12N2O3/c1-8-3-5-9(6-4-8)7-14-11(16)10(15)13(2)12(14)17/h3-6H,7H2,1-2H3. The molecule has 0 radical (unpaired) electrons. The zero-order valence-corrected chi connectivity index (χ0v) is 9.64. The van der Waals surface area contributed by atoms with E-state index in [4.69, 9.17) is 0 Å². The van der Waals surface area contributed by atoms with Crippen LogP contribution in [0.3, 0.4) is 0 Å². The van der Waals surface area contributed by atoms with Crippen LogP contribution < -0.4 is 0 Å². The largest absolute Gasteiger partial charge is 0.334 e. The van der Waals surface area contributed by atoms with Crippen LogP contribution in [0.4, 0.5) is 4.79 Å². The van der Waals surface area contributed by atoms with Crippen LogP contribution in [-0.4, -0.2) is 34.7 Å². The zero-order chi connectivity index (χ0) is 12.6. The fourth-order valence-corrected chi connectivity index (χ4v) is 1.63. The summed E-state index contributed by atoms with van der Waals surface area (Å²) in [5.41, 5.74) is 1.92. The molecule has 17 heavy (non-hydrogen) atoms. The third-order valence-corrected chi connectivity index (χ3v) is 2.71. The lowest BCUT2D eigenvalue weighted by Gasteiger charge is -2.12.